The Kier molecular flexibility index (Phi) is 3.68. The molecule has 0 unspecified atom stereocenters. The van der Waals surface area contributed by atoms with E-state index >= 15 is 0 Å². The van der Waals surface area contributed by atoms with Crippen LogP contribution in [0.4, 0.5) is 5.69 Å². The number of anilines is 1. The average Bonchev–Trinajstić information content (AvgIpc) is 3.30. The van der Waals surface area contributed by atoms with Crippen LogP contribution in [0, 0.1) is 17.8 Å². The number of nitrogens with zero attached hydrogens (tertiary/aromatic N) is 3. The lowest BCUT2D eigenvalue weighted by Crippen LogP contribution is -2.37. The predicted octanol–water partition coefficient (Wildman–Crippen LogP) is 0.473. The van der Waals surface area contributed by atoms with Gasteiger partial charge in [0.25, 0.3) is 5.91 Å². The molecule has 25 heavy (non-hydrogen) atoms. The molecular formula is C17H22N4O4. The Hall–Kier alpha value is -2.22. The summed E-state index contributed by atoms with van der Waals surface area (Å²) in [5.74, 6) is -1.42. The van der Waals surface area contributed by atoms with Crippen LogP contribution < -0.4 is 10.2 Å². The van der Waals surface area contributed by atoms with Crippen LogP contribution in [0.3, 0.4) is 0 Å². The summed E-state index contributed by atoms with van der Waals surface area (Å²) < 4.78 is 7.15. The molecule has 4 rings (SSSR count). The number of carbonyl (C=O) groups excluding carboxylic acids is 3. The number of nitrogens with one attached hydrogen (secondary N) is 1. The predicted molar refractivity (Wildman–Crippen MR) is 87.7 cm³/mol. The maximum absolute atomic E-state index is 12.9. The lowest BCUT2D eigenvalue weighted by molar-refractivity contribution is -0.124. The van der Waals surface area contributed by atoms with Crippen molar-refractivity contribution in [3.05, 3.63) is 11.9 Å². The van der Waals surface area contributed by atoms with Crippen LogP contribution in [-0.2, 0) is 21.4 Å². The maximum atomic E-state index is 12.9. The monoisotopic (exact) mass is 346 g/mol. The summed E-state index contributed by atoms with van der Waals surface area (Å²) in [7, 11) is 1.63. The molecule has 3 aliphatic rings. The summed E-state index contributed by atoms with van der Waals surface area (Å²) in [5.41, 5.74) is 0.503. The molecule has 0 aliphatic carbocycles. The molecule has 3 amide bonds. The zero-order chi connectivity index (χ0) is 17.9. The van der Waals surface area contributed by atoms with Crippen LogP contribution in [0.2, 0.25) is 0 Å². The van der Waals surface area contributed by atoms with Gasteiger partial charge in [-0.25, -0.2) is 4.90 Å². The molecule has 1 aromatic heterocycles. The van der Waals surface area contributed by atoms with Crippen molar-refractivity contribution >= 4 is 23.4 Å². The van der Waals surface area contributed by atoms with E-state index in [9.17, 15) is 14.4 Å². The summed E-state index contributed by atoms with van der Waals surface area (Å²) in [6.45, 7) is 4.50. The Balaban J connectivity index is 1.66. The van der Waals surface area contributed by atoms with Crippen LogP contribution >= 0.6 is 0 Å². The van der Waals surface area contributed by atoms with E-state index in [4.69, 9.17) is 4.74 Å². The minimum atomic E-state index is -0.418. The Morgan fingerprint density at radius 1 is 1.28 bits per heavy atom. The molecule has 134 valence electrons. The Labute approximate surface area is 145 Å². The van der Waals surface area contributed by atoms with E-state index in [1.54, 1.807) is 7.05 Å². The number of amides is 3. The van der Waals surface area contributed by atoms with Gasteiger partial charge in [-0.3, -0.25) is 19.1 Å². The average molecular weight is 346 g/mol. The molecule has 3 fully saturated rings. The van der Waals surface area contributed by atoms with Gasteiger partial charge in [0.2, 0.25) is 11.8 Å². The standard InChI is InChI=1S/C17H22N4O4/c1-8(2)6-18-15(22)14-9(7-19-20(14)3)21-16(23)12-10-4-5-11(25-10)13(12)17(21)24/h7-8,10-13H,4-6H2,1-3H3,(H,18,22)/t10-,11-,12-,13-/m1/s1. The number of rotatable bonds is 4. The molecule has 0 saturated carbocycles. The van der Waals surface area contributed by atoms with E-state index in [-0.39, 0.29) is 41.3 Å². The smallest absolute Gasteiger partial charge is 0.271 e. The van der Waals surface area contributed by atoms with Gasteiger partial charge in [-0.2, -0.15) is 5.10 Å². The largest absolute Gasteiger partial charge is 0.373 e. The van der Waals surface area contributed by atoms with E-state index in [0.29, 0.717) is 12.5 Å². The fourth-order valence-corrected chi connectivity index (χ4v) is 4.18. The van der Waals surface area contributed by atoms with E-state index < -0.39 is 11.8 Å². The van der Waals surface area contributed by atoms with Crippen molar-refractivity contribution in [2.75, 3.05) is 11.4 Å². The van der Waals surface area contributed by atoms with Crippen molar-refractivity contribution in [1.29, 1.82) is 0 Å². The van der Waals surface area contributed by atoms with Gasteiger partial charge in [-0.15, -0.1) is 0 Å². The van der Waals surface area contributed by atoms with Crippen molar-refractivity contribution in [3.63, 3.8) is 0 Å². The number of carbonyl (C=O) groups is 3. The zero-order valence-electron chi connectivity index (χ0n) is 14.6. The fourth-order valence-electron chi connectivity index (χ4n) is 4.18. The molecule has 0 aromatic carbocycles. The van der Waals surface area contributed by atoms with E-state index in [0.717, 1.165) is 17.7 Å². The molecule has 1 N–H and O–H groups in total. The van der Waals surface area contributed by atoms with Crippen LogP contribution in [0.5, 0.6) is 0 Å². The summed E-state index contributed by atoms with van der Waals surface area (Å²) in [5, 5.41) is 6.93. The quantitative estimate of drug-likeness (QED) is 0.800. The number of hydrogen-bond donors (Lipinski definition) is 1. The highest BCUT2D eigenvalue weighted by Crippen LogP contribution is 2.49. The van der Waals surface area contributed by atoms with Crippen molar-refractivity contribution in [2.45, 2.75) is 38.9 Å². The van der Waals surface area contributed by atoms with Crippen molar-refractivity contribution in [3.8, 4) is 0 Å². The molecular weight excluding hydrogens is 324 g/mol. The third-order valence-electron chi connectivity index (χ3n) is 5.33. The summed E-state index contributed by atoms with van der Waals surface area (Å²) >= 11 is 0. The minimum absolute atomic E-state index is 0.175. The third-order valence-corrected chi connectivity index (χ3v) is 5.33. The van der Waals surface area contributed by atoms with Crippen molar-refractivity contribution < 1.29 is 19.1 Å². The van der Waals surface area contributed by atoms with Gasteiger partial charge in [-0.05, 0) is 18.8 Å². The van der Waals surface area contributed by atoms with Gasteiger partial charge < -0.3 is 10.1 Å². The highest BCUT2D eigenvalue weighted by molar-refractivity contribution is 6.24. The highest BCUT2D eigenvalue weighted by atomic mass is 16.5. The Bertz CT molecular complexity index is 728. The molecule has 8 heteroatoms. The second-order valence-electron chi connectivity index (χ2n) is 7.46. The second kappa shape index (κ2) is 5.66. The fraction of sp³-hybridized carbons (Fsp3) is 0.647. The van der Waals surface area contributed by atoms with Crippen molar-refractivity contribution in [2.24, 2.45) is 24.8 Å². The molecule has 3 aliphatic heterocycles. The summed E-state index contributed by atoms with van der Waals surface area (Å²) in [6.07, 6.45) is 2.70. The zero-order valence-corrected chi connectivity index (χ0v) is 14.6. The van der Waals surface area contributed by atoms with Gasteiger partial charge in [0.05, 0.1) is 30.2 Å². The van der Waals surface area contributed by atoms with Crippen LogP contribution in [-0.4, -0.2) is 46.3 Å². The Morgan fingerprint density at radius 3 is 2.44 bits per heavy atom. The number of ether oxygens (including phenoxy) is 1. The normalized spacial score (nSPS) is 30.5. The lowest BCUT2D eigenvalue weighted by atomic mass is 9.81. The second-order valence-corrected chi connectivity index (χ2v) is 7.46. The lowest BCUT2D eigenvalue weighted by Gasteiger charge is -2.18. The number of aryl methyl sites for hydroxylation is 1. The van der Waals surface area contributed by atoms with E-state index in [1.807, 2.05) is 13.8 Å². The van der Waals surface area contributed by atoms with E-state index in [1.165, 1.54) is 10.9 Å². The molecule has 4 atom stereocenters. The number of imide groups is 1. The summed E-state index contributed by atoms with van der Waals surface area (Å²) in [6, 6.07) is 0. The molecule has 0 spiro atoms. The van der Waals surface area contributed by atoms with Gasteiger partial charge >= 0.3 is 0 Å². The maximum Gasteiger partial charge on any atom is 0.271 e. The van der Waals surface area contributed by atoms with Gasteiger partial charge in [0.1, 0.15) is 11.4 Å². The van der Waals surface area contributed by atoms with Crippen LogP contribution in [0.25, 0.3) is 0 Å². The molecule has 1 aromatic rings. The molecule has 2 bridgehead atoms. The minimum Gasteiger partial charge on any atom is -0.373 e. The first-order chi connectivity index (χ1) is 11.9. The van der Waals surface area contributed by atoms with Crippen LogP contribution in [0.15, 0.2) is 6.20 Å². The first-order valence-corrected chi connectivity index (χ1v) is 8.73. The molecule has 0 radical (unpaired) electrons. The molecule has 4 heterocycles. The SMILES string of the molecule is CC(C)CNC(=O)c1c(N2C(=O)[C@H]3[C@H](C2=O)[C@H]2CC[C@H]3O2)cnn1C. The van der Waals surface area contributed by atoms with Gasteiger partial charge in [0.15, 0.2) is 0 Å². The number of fused-ring (bicyclic) bond motifs is 5. The summed E-state index contributed by atoms with van der Waals surface area (Å²) in [4.78, 5) is 39.5. The molecule has 8 nitrogen and oxygen atoms in total. The number of aromatic nitrogens is 2. The third kappa shape index (κ3) is 2.31. The van der Waals surface area contributed by atoms with Crippen LogP contribution in [0.1, 0.15) is 37.2 Å². The first kappa shape index (κ1) is 16.3. The van der Waals surface area contributed by atoms with Gasteiger partial charge in [-0.1, -0.05) is 13.8 Å². The van der Waals surface area contributed by atoms with Gasteiger partial charge in [0, 0.05) is 13.6 Å². The first-order valence-electron chi connectivity index (χ1n) is 8.73. The van der Waals surface area contributed by atoms with E-state index in [2.05, 4.69) is 10.4 Å². The topological polar surface area (TPSA) is 93.5 Å². The number of hydrogen-bond acceptors (Lipinski definition) is 5. The Morgan fingerprint density at radius 2 is 1.88 bits per heavy atom. The van der Waals surface area contributed by atoms with Crippen molar-refractivity contribution in [1.82, 2.24) is 15.1 Å². The molecule has 3 saturated heterocycles. The highest BCUT2D eigenvalue weighted by Gasteiger charge is 2.63.